The van der Waals surface area contributed by atoms with E-state index >= 15 is 0 Å². The Morgan fingerprint density at radius 1 is 1.15 bits per heavy atom. The molecule has 27 heavy (non-hydrogen) atoms. The van der Waals surface area contributed by atoms with Crippen molar-refractivity contribution in [1.82, 2.24) is 14.5 Å². The predicted octanol–water partition coefficient (Wildman–Crippen LogP) is 1.59. The van der Waals surface area contributed by atoms with E-state index in [4.69, 9.17) is 4.74 Å². The van der Waals surface area contributed by atoms with Crippen LogP contribution in [-0.2, 0) is 10.0 Å². The molecule has 144 valence electrons. The summed E-state index contributed by atoms with van der Waals surface area (Å²) in [5.74, 6) is 0.984. The molecule has 0 radical (unpaired) electrons. The number of nitrogens with zero attached hydrogens (tertiary/aromatic N) is 4. The number of ketones is 1. The van der Waals surface area contributed by atoms with Crippen molar-refractivity contribution in [2.75, 3.05) is 32.1 Å². The van der Waals surface area contributed by atoms with Crippen molar-refractivity contribution in [2.45, 2.75) is 24.3 Å². The first-order chi connectivity index (χ1) is 12.8. The minimum Gasteiger partial charge on any atom is -0.472 e. The van der Waals surface area contributed by atoms with Crippen LogP contribution in [0.15, 0.2) is 41.3 Å². The highest BCUT2D eigenvalue weighted by Gasteiger charge is 2.33. The van der Waals surface area contributed by atoms with Crippen LogP contribution < -0.4 is 9.64 Å². The molecule has 9 heteroatoms. The van der Waals surface area contributed by atoms with E-state index < -0.39 is 10.0 Å². The number of carbonyl (C=O) groups is 1. The summed E-state index contributed by atoms with van der Waals surface area (Å²) < 4.78 is 32.7. The Balaban J connectivity index is 1.66. The van der Waals surface area contributed by atoms with Crippen LogP contribution in [0.1, 0.15) is 23.7 Å². The number of benzene rings is 1. The molecule has 1 unspecified atom stereocenters. The quantitative estimate of drug-likeness (QED) is 0.692. The van der Waals surface area contributed by atoms with Gasteiger partial charge in [-0.2, -0.15) is 4.31 Å². The molecule has 0 N–H and O–H groups in total. The molecule has 1 atom stereocenters. The number of anilines is 1. The minimum absolute atomic E-state index is 0.102. The van der Waals surface area contributed by atoms with E-state index in [2.05, 4.69) is 10.2 Å². The summed E-state index contributed by atoms with van der Waals surface area (Å²) in [6.07, 6.45) is 0.290. The van der Waals surface area contributed by atoms with Gasteiger partial charge in [-0.15, -0.1) is 10.2 Å². The molecule has 3 rings (SSSR count). The molecule has 0 amide bonds. The molecule has 1 aliphatic heterocycles. The first-order valence-electron chi connectivity index (χ1n) is 8.56. The van der Waals surface area contributed by atoms with Crippen molar-refractivity contribution in [1.29, 1.82) is 0 Å². The maximum atomic E-state index is 12.8. The second-order valence-corrected chi connectivity index (χ2v) is 8.53. The molecule has 1 aromatic carbocycles. The Morgan fingerprint density at radius 2 is 1.85 bits per heavy atom. The van der Waals surface area contributed by atoms with Crippen LogP contribution in [0.25, 0.3) is 0 Å². The summed E-state index contributed by atoms with van der Waals surface area (Å²) in [6.45, 7) is 2.05. The number of aromatic nitrogens is 2. The Morgan fingerprint density at radius 3 is 2.41 bits per heavy atom. The zero-order valence-electron chi connectivity index (χ0n) is 15.5. The van der Waals surface area contributed by atoms with E-state index in [9.17, 15) is 13.2 Å². The summed E-state index contributed by atoms with van der Waals surface area (Å²) in [5, 5.41) is 8.07. The van der Waals surface area contributed by atoms with Gasteiger partial charge in [-0.05, 0) is 31.5 Å². The second-order valence-electron chi connectivity index (χ2n) is 6.60. The lowest BCUT2D eigenvalue weighted by molar-refractivity contribution is 0.101. The van der Waals surface area contributed by atoms with Gasteiger partial charge in [0, 0.05) is 32.3 Å². The van der Waals surface area contributed by atoms with E-state index in [1.54, 1.807) is 12.1 Å². The number of hydrogen-bond acceptors (Lipinski definition) is 7. The average molecular weight is 390 g/mol. The number of sulfonamides is 1. The van der Waals surface area contributed by atoms with Crippen LogP contribution in [0.5, 0.6) is 5.88 Å². The number of hydrogen-bond donors (Lipinski definition) is 0. The SMILES string of the molecule is CC(=O)c1ccc(S(=O)(=O)N2CCC(Oc3ccc(N(C)C)nn3)C2)cc1. The Hall–Kier alpha value is -2.52. The number of carbonyl (C=O) groups excluding carboxylic acids is 1. The molecular weight excluding hydrogens is 368 g/mol. The third-order valence-corrected chi connectivity index (χ3v) is 6.26. The van der Waals surface area contributed by atoms with E-state index in [0.29, 0.717) is 30.2 Å². The highest BCUT2D eigenvalue weighted by atomic mass is 32.2. The molecule has 8 nitrogen and oxygen atoms in total. The first kappa shape index (κ1) is 19.2. The van der Waals surface area contributed by atoms with Crippen LogP contribution in [0.4, 0.5) is 5.82 Å². The topological polar surface area (TPSA) is 92.7 Å². The van der Waals surface area contributed by atoms with Crippen molar-refractivity contribution in [3.63, 3.8) is 0 Å². The monoisotopic (exact) mass is 390 g/mol. The molecule has 2 heterocycles. The molecule has 1 fully saturated rings. The van der Waals surface area contributed by atoms with Gasteiger partial charge in [-0.3, -0.25) is 4.79 Å². The van der Waals surface area contributed by atoms with Crippen molar-refractivity contribution in [3.05, 3.63) is 42.0 Å². The van der Waals surface area contributed by atoms with E-state index in [1.165, 1.54) is 35.5 Å². The summed E-state index contributed by atoms with van der Waals surface area (Å²) >= 11 is 0. The van der Waals surface area contributed by atoms with Crippen LogP contribution in [-0.4, -0.2) is 62.0 Å². The highest BCUT2D eigenvalue weighted by molar-refractivity contribution is 7.89. The number of Topliss-reactive ketones (excluding diaryl/α,β-unsaturated/α-hetero) is 1. The fourth-order valence-corrected chi connectivity index (χ4v) is 4.29. The van der Waals surface area contributed by atoms with Crippen molar-refractivity contribution >= 4 is 21.6 Å². The molecule has 1 aromatic heterocycles. The molecular formula is C18H22N4O4S. The van der Waals surface area contributed by atoms with Gasteiger partial charge in [-0.25, -0.2) is 8.42 Å². The van der Waals surface area contributed by atoms with Gasteiger partial charge in [-0.1, -0.05) is 12.1 Å². The normalized spacial score (nSPS) is 17.7. The summed E-state index contributed by atoms with van der Waals surface area (Å²) in [5.41, 5.74) is 0.483. The van der Waals surface area contributed by atoms with Crippen molar-refractivity contribution in [3.8, 4) is 5.88 Å². The smallest absolute Gasteiger partial charge is 0.243 e. The fraction of sp³-hybridized carbons (Fsp3) is 0.389. The molecule has 1 saturated heterocycles. The highest BCUT2D eigenvalue weighted by Crippen LogP contribution is 2.24. The molecule has 0 saturated carbocycles. The van der Waals surface area contributed by atoms with Crippen LogP contribution >= 0.6 is 0 Å². The maximum absolute atomic E-state index is 12.8. The fourth-order valence-electron chi connectivity index (χ4n) is 2.81. The zero-order valence-corrected chi connectivity index (χ0v) is 16.3. The first-order valence-corrected chi connectivity index (χ1v) is 10.0. The molecule has 2 aromatic rings. The van der Waals surface area contributed by atoms with Gasteiger partial charge in [0.1, 0.15) is 6.10 Å². The van der Waals surface area contributed by atoms with Crippen molar-refractivity contribution in [2.24, 2.45) is 0 Å². The third-order valence-electron chi connectivity index (χ3n) is 4.38. The van der Waals surface area contributed by atoms with Gasteiger partial charge in [0.15, 0.2) is 11.6 Å². The molecule has 1 aliphatic rings. The van der Waals surface area contributed by atoms with Gasteiger partial charge < -0.3 is 9.64 Å². The second kappa shape index (κ2) is 7.61. The number of ether oxygens (including phenoxy) is 1. The Bertz CT molecular complexity index is 911. The summed E-state index contributed by atoms with van der Waals surface area (Å²) in [6, 6.07) is 9.50. The van der Waals surface area contributed by atoms with Gasteiger partial charge >= 0.3 is 0 Å². The van der Waals surface area contributed by atoms with Crippen LogP contribution in [0, 0.1) is 0 Å². The largest absolute Gasteiger partial charge is 0.472 e. The van der Waals surface area contributed by atoms with Gasteiger partial charge in [0.05, 0.1) is 11.4 Å². The van der Waals surface area contributed by atoms with Crippen LogP contribution in [0.3, 0.4) is 0 Å². The van der Waals surface area contributed by atoms with Gasteiger partial charge in [0.25, 0.3) is 0 Å². The molecule has 0 aliphatic carbocycles. The summed E-state index contributed by atoms with van der Waals surface area (Å²) in [4.78, 5) is 13.3. The Kier molecular flexibility index (Phi) is 5.43. The standard InChI is InChI=1S/C18H22N4O4S/c1-13(23)14-4-6-16(7-5-14)27(24,25)22-11-10-15(12-22)26-18-9-8-17(19-20-18)21(2)3/h4-9,15H,10-12H2,1-3H3. The summed E-state index contributed by atoms with van der Waals surface area (Å²) in [7, 11) is 0.112. The van der Waals surface area contributed by atoms with E-state index in [-0.39, 0.29) is 23.3 Å². The van der Waals surface area contributed by atoms with Crippen molar-refractivity contribution < 1.29 is 17.9 Å². The minimum atomic E-state index is -3.62. The van der Waals surface area contributed by atoms with E-state index in [0.717, 1.165) is 0 Å². The Labute approximate surface area is 158 Å². The van der Waals surface area contributed by atoms with Gasteiger partial charge in [0.2, 0.25) is 15.9 Å². The predicted molar refractivity (Wildman–Crippen MR) is 101 cm³/mol. The zero-order chi connectivity index (χ0) is 19.6. The lowest BCUT2D eigenvalue weighted by Crippen LogP contribution is -2.31. The third kappa shape index (κ3) is 4.25. The van der Waals surface area contributed by atoms with E-state index in [1.807, 2.05) is 19.0 Å². The molecule has 0 spiro atoms. The number of rotatable bonds is 6. The average Bonchev–Trinajstić information content (AvgIpc) is 3.11. The lowest BCUT2D eigenvalue weighted by atomic mass is 10.2. The maximum Gasteiger partial charge on any atom is 0.243 e. The molecule has 0 bridgehead atoms. The van der Waals surface area contributed by atoms with Crippen LogP contribution in [0.2, 0.25) is 0 Å². The lowest BCUT2D eigenvalue weighted by Gasteiger charge is -2.17.